The van der Waals surface area contributed by atoms with Crippen LogP contribution in [0.15, 0.2) is 48.5 Å². The van der Waals surface area contributed by atoms with Crippen LogP contribution in [0.25, 0.3) is 11.1 Å². The van der Waals surface area contributed by atoms with Gasteiger partial charge in [-0.1, -0.05) is 83.4 Å². The van der Waals surface area contributed by atoms with Crippen LogP contribution in [0.5, 0.6) is 0 Å². The maximum absolute atomic E-state index is 13.0. The van der Waals surface area contributed by atoms with Crippen molar-refractivity contribution in [3.8, 4) is 11.1 Å². The zero-order valence-electron chi connectivity index (χ0n) is 15.7. The molecule has 0 bridgehead atoms. The minimum absolute atomic E-state index is 0.248. The Hall–Kier alpha value is -1.77. The van der Waals surface area contributed by atoms with Crippen molar-refractivity contribution < 1.29 is 13.2 Å². The standard InChI is InChI=1S/C19H21F3.C3H8/c1-3-4-8-14(2)17-12-11-16(19(20,21)22)13-18(17)15-9-6-5-7-10-15;1-3-2/h5-7,9-14H,3-4,8H2,1-2H3;3H2,1-2H3. The lowest BCUT2D eigenvalue weighted by atomic mass is 9.87. The van der Waals surface area contributed by atoms with E-state index in [4.69, 9.17) is 0 Å². The Balaban J connectivity index is 0.000000970. The van der Waals surface area contributed by atoms with Gasteiger partial charge in [-0.05, 0) is 41.2 Å². The van der Waals surface area contributed by atoms with Gasteiger partial charge in [-0.15, -0.1) is 0 Å². The highest BCUT2D eigenvalue weighted by atomic mass is 19.4. The molecule has 0 aliphatic carbocycles. The van der Waals surface area contributed by atoms with Gasteiger partial charge in [0.25, 0.3) is 0 Å². The van der Waals surface area contributed by atoms with E-state index in [1.54, 1.807) is 6.07 Å². The molecule has 25 heavy (non-hydrogen) atoms. The third kappa shape index (κ3) is 6.56. The normalized spacial score (nSPS) is 12.3. The molecule has 0 spiro atoms. The molecule has 0 saturated heterocycles. The predicted octanol–water partition coefficient (Wildman–Crippen LogP) is 8.08. The summed E-state index contributed by atoms with van der Waals surface area (Å²) in [6.45, 7) is 8.46. The predicted molar refractivity (Wildman–Crippen MR) is 101 cm³/mol. The zero-order valence-corrected chi connectivity index (χ0v) is 15.7. The average molecular weight is 350 g/mol. The van der Waals surface area contributed by atoms with Crippen molar-refractivity contribution in [1.82, 2.24) is 0 Å². The molecule has 0 aromatic heterocycles. The minimum Gasteiger partial charge on any atom is -0.166 e. The Morgan fingerprint density at radius 2 is 1.52 bits per heavy atom. The van der Waals surface area contributed by atoms with Crippen molar-refractivity contribution in [2.75, 3.05) is 0 Å². The fourth-order valence-electron chi connectivity index (χ4n) is 2.70. The van der Waals surface area contributed by atoms with Crippen molar-refractivity contribution in [2.45, 2.75) is 65.5 Å². The van der Waals surface area contributed by atoms with Crippen LogP contribution in [0.1, 0.15) is 70.4 Å². The maximum atomic E-state index is 13.0. The Morgan fingerprint density at radius 1 is 0.920 bits per heavy atom. The summed E-state index contributed by atoms with van der Waals surface area (Å²) >= 11 is 0. The molecular weight excluding hydrogens is 321 g/mol. The first-order valence-corrected chi connectivity index (χ1v) is 9.11. The second-order valence-electron chi connectivity index (χ2n) is 6.42. The third-order valence-electron chi connectivity index (χ3n) is 3.99. The number of hydrogen-bond donors (Lipinski definition) is 0. The molecule has 1 unspecified atom stereocenters. The van der Waals surface area contributed by atoms with Crippen LogP contribution in [0.3, 0.4) is 0 Å². The highest BCUT2D eigenvalue weighted by Crippen LogP contribution is 2.37. The Kier molecular flexibility index (Phi) is 8.74. The molecule has 2 aromatic rings. The molecule has 0 nitrogen and oxygen atoms in total. The van der Waals surface area contributed by atoms with Gasteiger partial charge in [0.1, 0.15) is 0 Å². The van der Waals surface area contributed by atoms with Gasteiger partial charge < -0.3 is 0 Å². The Bertz CT molecular complexity index is 615. The van der Waals surface area contributed by atoms with E-state index in [0.29, 0.717) is 5.56 Å². The van der Waals surface area contributed by atoms with Gasteiger partial charge in [-0.2, -0.15) is 13.2 Å². The van der Waals surface area contributed by atoms with E-state index in [-0.39, 0.29) is 5.92 Å². The number of benzene rings is 2. The van der Waals surface area contributed by atoms with Crippen LogP contribution >= 0.6 is 0 Å². The first-order valence-electron chi connectivity index (χ1n) is 9.11. The molecule has 0 N–H and O–H groups in total. The summed E-state index contributed by atoms with van der Waals surface area (Å²) in [5.74, 6) is 0.248. The lowest BCUT2D eigenvalue weighted by Gasteiger charge is -2.19. The van der Waals surface area contributed by atoms with Gasteiger partial charge in [-0.25, -0.2) is 0 Å². The number of hydrogen-bond acceptors (Lipinski definition) is 0. The van der Waals surface area contributed by atoms with Crippen molar-refractivity contribution in [3.63, 3.8) is 0 Å². The number of halogens is 3. The summed E-state index contributed by atoms with van der Waals surface area (Å²) in [5.41, 5.74) is 1.94. The number of unbranched alkanes of at least 4 members (excludes halogenated alkanes) is 1. The van der Waals surface area contributed by atoms with E-state index in [9.17, 15) is 13.2 Å². The van der Waals surface area contributed by atoms with Gasteiger partial charge in [0.05, 0.1) is 5.56 Å². The van der Waals surface area contributed by atoms with Crippen molar-refractivity contribution >= 4 is 0 Å². The van der Waals surface area contributed by atoms with Crippen molar-refractivity contribution in [3.05, 3.63) is 59.7 Å². The lowest BCUT2D eigenvalue weighted by molar-refractivity contribution is -0.137. The molecule has 0 saturated carbocycles. The molecule has 0 aliphatic heterocycles. The van der Waals surface area contributed by atoms with Gasteiger partial charge in [0, 0.05) is 0 Å². The zero-order chi connectivity index (χ0) is 18.9. The molecule has 3 heteroatoms. The monoisotopic (exact) mass is 350 g/mol. The fourth-order valence-corrected chi connectivity index (χ4v) is 2.70. The number of alkyl halides is 3. The topological polar surface area (TPSA) is 0 Å². The molecular formula is C22H29F3. The summed E-state index contributed by atoms with van der Waals surface area (Å²) in [6, 6.07) is 13.4. The Morgan fingerprint density at radius 3 is 2.04 bits per heavy atom. The van der Waals surface area contributed by atoms with Crippen LogP contribution in [0.2, 0.25) is 0 Å². The van der Waals surface area contributed by atoms with Crippen molar-refractivity contribution in [2.24, 2.45) is 0 Å². The first kappa shape index (κ1) is 21.3. The van der Waals surface area contributed by atoms with Crippen molar-refractivity contribution in [1.29, 1.82) is 0 Å². The van der Waals surface area contributed by atoms with E-state index in [0.717, 1.165) is 30.4 Å². The molecule has 0 fully saturated rings. The van der Waals surface area contributed by atoms with E-state index >= 15 is 0 Å². The molecule has 0 radical (unpaired) electrons. The SMILES string of the molecule is CCC.CCCCC(C)c1ccc(C(F)(F)F)cc1-c1ccccc1. The molecule has 2 rings (SSSR count). The molecule has 1 atom stereocenters. The smallest absolute Gasteiger partial charge is 0.166 e. The van der Waals surface area contributed by atoms with Crippen LogP contribution in [-0.2, 0) is 6.18 Å². The summed E-state index contributed by atoms with van der Waals surface area (Å²) in [5, 5.41) is 0. The first-order chi connectivity index (χ1) is 11.8. The summed E-state index contributed by atoms with van der Waals surface area (Å²) in [7, 11) is 0. The van der Waals surface area contributed by atoms with Crippen LogP contribution in [0.4, 0.5) is 13.2 Å². The Labute approximate surface area is 150 Å². The van der Waals surface area contributed by atoms with Crippen LogP contribution in [0, 0.1) is 0 Å². The highest BCUT2D eigenvalue weighted by molar-refractivity contribution is 5.69. The van der Waals surface area contributed by atoms with E-state index < -0.39 is 11.7 Å². The van der Waals surface area contributed by atoms with E-state index in [1.165, 1.54) is 18.6 Å². The molecule has 0 aliphatic rings. The summed E-state index contributed by atoms with van der Waals surface area (Å²) in [6.07, 6.45) is 0.0957. The third-order valence-corrected chi connectivity index (χ3v) is 3.99. The van der Waals surface area contributed by atoms with Gasteiger partial charge in [0.15, 0.2) is 0 Å². The van der Waals surface area contributed by atoms with Crippen LogP contribution < -0.4 is 0 Å². The molecule has 2 aromatic carbocycles. The fraction of sp³-hybridized carbons (Fsp3) is 0.455. The maximum Gasteiger partial charge on any atom is 0.416 e. The highest BCUT2D eigenvalue weighted by Gasteiger charge is 2.31. The second kappa shape index (κ2) is 10.3. The van der Waals surface area contributed by atoms with Gasteiger partial charge in [-0.3, -0.25) is 0 Å². The molecule has 0 amide bonds. The van der Waals surface area contributed by atoms with Crippen LogP contribution in [-0.4, -0.2) is 0 Å². The summed E-state index contributed by atoms with van der Waals surface area (Å²) < 4.78 is 39.1. The van der Waals surface area contributed by atoms with E-state index in [1.807, 2.05) is 30.3 Å². The lowest BCUT2D eigenvalue weighted by Crippen LogP contribution is -2.07. The summed E-state index contributed by atoms with van der Waals surface area (Å²) in [4.78, 5) is 0. The second-order valence-corrected chi connectivity index (χ2v) is 6.42. The minimum atomic E-state index is -4.31. The van der Waals surface area contributed by atoms with Gasteiger partial charge >= 0.3 is 6.18 Å². The number of rotatable bonds is 5. The molecule has 0 heterocycles. The quantitative estimate of drug-likeness (QED) is 0.511. The molecule has 138 valence electrons. The van der Waals surface area contributed by atoms with Gasteiger partial charge in [0.2, 0.25) is 0 Å². The average Bonchev–Trinajstić information content (AvgIpc) is 2.60. The largest absolute Gasteiger partial charge is 0.416 e. The van der Waals surface area contributed by atoms with E-state index in [2.05, 4.69) is 27.7 Å².